The largest absolute Gasteiger partial charge is 0.371 e. The Morgan fingerprint density at radius 2 is 1.97 bits per heavy atom. The van der Waals surface area contributed by atoms with E-state index in [1.54, 1.807) is 18.2 Å². The second-order valence-corrected chi connectivity index (χ2v) is 9.57. The SMILES string of the molecule is Cc1ccc(C(=O)NCCCN2CCCc3ccccc32)cc1N(C)S(C)(=O)=O. The van der Waals surface area contributed by atoms with Gasteiger partial charge in [-0.25, -0.2) is 8.42 Å². The van der Waals surface area contributed by atoms with Gasteiger partial charge in [0.05, 0.1) is 11.9 Å². The molecule has 3 rings (SSSR count). The molecule has 0 saturated heterocycles. The molecule has 1 aliphatic heterocycles. The maximum atomic E-state index is 12.5. The minimum Gasteiger partial charge on any atom is -0.371 e. The molecular formula is C22H29N3O3S. The average Bonchev–Trinajstić information content (AvgIpc) is 2.70. The van der Waals surface area contributed by atoms with Crippen LogP contribution in [-0.2, 0) is 16.4 Å². The van der Waals surface area contributed by atoms with E-state index in [0.717, 1.165) is 44.2 Å². The minimum atomic E-state index is -3.38. The molecule has 0 unspecified atom stereocenters. The second kappa shape index (κ2) is 8.86. The molecule has 0 atom stereocenters. The first-order valence-electron chi connectivity index (χ1n) is 9.93. The Morgan fingerprint density at radius 3 is 2.72 bits per heavy atom. The van der Waals surface area contributed by atoms with Crippen LogP contribution in [0.1, 0.15) is 34.3 Å². The van der Waals surface area contributed by atoms with Crippen molar-refractivity contribution in [3.8, 4) is 0 Å². The van der Waals surface area contributed by atoms with E-state index in [0.29, 0.717) is 17.8 Å². The van der Waals surface area contributed by atoms with Gasteiger partial charge in [-0.3, -0.25) is 9.10 Å². The van der Waals surface area contributed by atoms with Crippen LogP contribution in [0.15, 0.2) is 42.5 Å². The smallest absolute Gasteiger partial charge is 0.251 e. The molecule has 0 spiro atoms. The van der Waals surface area contributed by atoms with Gasteiger partial charge in [0.2, 0.25) is 10.0 Å². The molecule has 1 aliphatic rings. The van der Waals surface area contributed by atoms with Crippen molar-refractivity contribution in [2.45, 2.75) is 26.2 Å². The van der Waals surface area contributed by atoms with Crippen LogP contribution in [0, 0.1) is 6.92 Å². The number of sulfonamides is 1. The number of hydrogen-bond donors (Lipinski definition) is 1. The highest BCUT2D eigenvalue weighted by molar-refractivity contribution is 7.92. The molecule has 29 heavy (non-hydrogen) atoms. The predicted octanol–water partition coefficient (Wildman–Crippen LogP) is 2.96. The lowest BCUT2D eigenvalue weighted by Gasteiger charge is -2.31. The Morgan fingerprint density at radius 1 is 1.21 bits per heavy atom. The number of rotatable bonds is 7. The van der Waals surface area contributed by atoms with Crippen LogP contribution in [0.25, 0.3) is 0 Å². The van der Waals surface area contributed by atoms with Crippen LogP contribution in [0.5, 0.6) is 0 Å². The number of fused-ring (bicyclic) bond motifs is 1. The van der Waals surface area contributed by atoms with E-state index in [1.165, 1.54) is 22.6 Å². The Hall–Kier alpha value is -2.54. The summed E-state index contributed by atoms with van der Waals surface area (Å²) in [4.78, 5) is 14.9. The fraction of sp³-hybridized carbons (Fsp3) is 0.409. The topological polar surface area (TPSA) is 69.7 Å². The summed E-state index contributed by atoms with van der Waals surface area (Å²) in [7, 11) is -1.89. The summed E-state index contributed by atoms with van der Waals surface area (Å²) in [6, 6.07) is 13.6. The molecule has 0 fully saturated rings. The van der Waals surface area contributed by atoms with Gasteiger partial charge in [-0.1, -0.05) is 24.3 Å². The summed E-state index contributed by atoms with van der Waals surface area (Å²) in [6.45, 7) is 4.34. The van der Waals surface area contributed by atoms with Gasteiger partial charge < -0.3 is 10.2 Å². The predicted molar refractivity (Wildman–Crippen MR) is 118 cm³/mol. The summed E-state index contributed by atoms with van der Waals surface area (Å²) in [5, 5.41) is 2.95. The Labute approximate surface area is 173 Å². The fourth-order valence-electron chi connectivity index (χ4n) is 3.69. The molecule has 0 aromatic heterocycles. The van der Waals surface area contributed by atoms with Gasteiger partial charge in [0.15, 0.2) is 0 Å². The number of anilines is 2. The number of carbonyl (C=O) groups excluding carboxylic acids is 1. The zero-order valence-electron chi connectivity index (χ0n) is 17.3. The maximum Gasteiger partial charge on any atom is 0.251 e. The average molecular weight is 416 g/mol. The van der Waals surface area contributed by atoms with Crippen molar-refractivity contribution in [3.05, 3.63) is 59.2 Å². The summed E-state index contributed by atoms with van der Waals surface area (Å²) >= 11 is 0. The number of amides is 1. The van der Waals surface area contributed by atoms with Crippen LogP contribution < -0.4 is 14.5 Å². The third-order valence-corrected chi connectivity index (χ3v) is 6.60. The Bertz CT molecular complexity index is 989. The van der Waals surface area contributed by atoms with Crippen LogP contribution in [0.4, 0.5) is 11.4 Å². The third-order valence-electron chi connectivity index (χ3n) is 5.40. The number of hydrogen-bond acceptors (Lipinski definition) is 4. The highest BCUT2D eigenvalue weighted by atomic mass is 32.2. The van der Waals surface area contributed by atoms with Gasteiger partial charge in [-0.15, -0.1) is 0 Å². The molecule has 156 valence electrons. The molecule has 1 heterocycles. The van der Waals surface area contributed by atoms with E-state index in [-0.39, 0.29) is 5.91 Å². The van der Waals surface area contributed by atoms with E-state index in [1.807, 2.05) is 6.92 Å². The van der Waals surface area contributed by atoms with Crippen molar-refractivity contribution in [2.75, 3.05) is 42.1 Å². The van der Waals surface area contributed by atoms with E-state index in [4.69, 9.17) is 0 Å². The van der Waals surface area contributed by atoms with Crippen molar-refractivity contribution >= 4 is 27.3 Å². The van der Waals surface area contributed by atoms with Gasteiger partial charge >= 0.3 is 0 Å². The van der Waals surface area contributed by atoms with Crippen LogP contribution in [-0.4, -0.2) is 47.3 Å². The van der Waals surface area contributed by atoms with Crippen molar-refractivity contribution in [1.82, 2.24) is 5.32 Å². The summed E-state index contributed by atoms with van der Waals surface area (Å²) < 4.78 is 24.9. The Balaban J connectivity index is 1.57. The zero-order chi connectivity index (χ0) is 21.0. The molecule has 7 heteroatoms. The monoisotopic (exact) mass is 415 g/mol. The van der Waals surface area contributed by atoms with Gasteiger partial charge in [-0.05, 0) is 55.5 Å². The van der Waals surface area contributed by atoms with E-state index >= 15 is 0 Å². The lowest BCUT2D eigenvalue weighted by molar-refractivity contribution is 0.0953. The summed E-state index contributed by atoms with van der Waals surface area (Å²) in [6.07, 6.45) is 4.28. The molecule has 6 nitrogen and oxygen atoms in total. The fourth-order valence-corrected chi connectivity index (χ4v) is 4.24. The number of aryl methyl sites for hydroxylation is 2. The molecule has 0 bridgehead atoms. The third kappa shape index (κ3) is 5.09. The van der Waals surface area contributed by atoms with Crippen molar-refractivity contribution in [2.24, 2.45) is 0 Å². The molecule has 0 saturated carbocycles. The van der Waals surface area contributed by atoms with Gasteiger partial charge in [0, 0.05) is 37.9 Å². The lowest BCUT2D eigenvalue weighted by atomic mass is 10.0. The van der Waals surface area contributed by atoms with E-state index < -0.39 is 10.0 Å². The normalized spacial score (nSPS) is 13.7. The first kappa shape index (κ1) is 21.2. The molecule has 1 amide bonds. The molecular weight excluding hydrogens is 386 g/mol. The number of carbonyl (C=O) groups is 1. The molecule has 0 radical (unpaired) electrons. The van der Waals surface area contributed by atoms with Crippen LogP contribution in [0.3, 0.4) is 0 Å². The molecule has 1 N–H and O–H groups in total. The maximum absolute atomic E-state index is 12.5. The van der Waals surface area contributed by atoms with Crippen molar-refractivity contribution in [1.29, 1.82) is 0 Å². The zero-order valence-corrected chi connectivity index (χ0v) is 18.1. The standard InChI is InChI=1S/C22H29N3O3S/c1-17-11-12-19(16-21(17)24(2)29(3,27)28)22(26)23-13-7-15-25-14-6-9-18-8-4-5-10-20(18)25/h4-5,8,10-12,16H,6-7,9,13-15H2,1-3H3,(H,23,26). The number of nitrogens with zero attached hydrogens (tertiary/aromatic N) is 2. The number of para-hydroxylation sites is 1. The lowest BCUT2D eigenvalue weighted by Crippen LogP contribution is -2.33. The summed E-state index contributed by atoms with van der Waals surface area (Å²) in [5.41, 5.74) is 4.48. The van der Waals surface area contributed by atoms with E-state index in [9.17, 15) is 13.2 Å². The van der Waals surface area contributed by atoms with Gasteiger partial charge in [0.25, 0.3) is 5.91 Å². The first-order valence-corrected chi connectivity index (χ1v) is 11.8. The van der Waals surface area contributed by atoms with Gasteiger partial charge in [-0.2, -0.15) is 0 Å². The molecule has 2 aromatic carbocycles. The number of nitrogens with one attached hydrogen (secondary N) is 1. The van der Waals surface area contributed by atoms with Crippen molar-refractivity contribution in [3.63, 3.8) is 0 Å². The highest BCUT2D eigenvalue weighted by Crippen LogP contribution is 2.26. The first-order chi connectivity index (χ1) is 13.8. The van der Waals surface area contributed by atoms with Crippen LogP contribution in [0.2, 0.25) is 0 Å². The molecule has 0 aliphatic carbocycles. The van der Waals surface area contributed by atoms with Crippen molar-refractivity contribution < 1.29 is 13.2 Å². The number of benzene rings is 2. The Kier molecular flexibility index (Phi) is 6.47. The quantitative estimate of drug-likeness (QED) is 0.706. The molecule has 2 aromatic rings. The van der Waals surface area contributed by atoms with Crippen LogP contribution >= 0.6 is 0 Å². The highest BCUT2D eigenvalue weighted by Gasteiger charge is 2.17. The van der Waals surface area contributed by atoms with E-state index in [2.05, 4.69) is 34.5 Å². The van der Waals surface area contributed by atoms with Gasteiger partial charge in [0.1, 0.15) is 0 Å². The second-order valence-electron chi connectivity index (χ2n) is 7.56. The summed E-state index contributed by atoms with van der Waals surface area (Å²) in [5.74, 6) is -0.188. The minimum absolute atomic E-state index is 0.188.